The summed E-state index contributed by atoms with van der Waals surface area (Å²) in [5.41, 5.74) is 2.80. The second kappa shape index (κ2) is 8.56. The molecule has 26 heavy (non-hydrogen) atoms. The van der Waals surface area contributed by atoms with Gasteiger partial charge in [-0.15, -0.1) is 0 Å². The van der Waals surface area contributed by atoms with Gasteiger partial charge in [0.1, 0.15) is 0 Å². The van der Waals surface area contributed by atoms with Crippen molar-refractivity contribution < 1.29 is 18.4 Å². The van der Waals surface area contributed by atoms with E-state index in [0.29, 0.717) is 6.42 Å². The van der Waals surface area contributed by atoms with E-state index in [1.165, 1.54) is 31.2 Å². The van der Waals surface area contributed by atoms with Gasteiger partial charge < -0.3 is 9.05 Å². The van der Waals surface area contributed by atoms with Gasteiger partial charge in [-0.1, -0.05) is 43.4 Å². The lowest BCUT2D eigenvalue weighted by molar-refractivity contribution is -0.115. The first kappa shape index (κ1) is 20.1. The Morgan fingerprint density at radius 1 is 1.15 bits per heavy atom. The van der Waals surface area contributed by atoms with E-state index in [0.717, 1.165) is 34.9 Å². The average Bonchev–Trinajstić information content (AvgIpc) is 3.25. The van der Waals surface area contributed by atoms with Gasteiger partial charge in [0.2, 0.25) is 0 Å². The first-order valence-corrected chi connectivity index (χ1v) is 11.6. The lowest BCUT2D eigenvalue weighted by Gasteiger charge is -2.20. The summed E-state index contributed by atoms with van der Waals surface area (Å²) in [7, 11) is -3.75. The van der Waals surface area contributed by atoms with Crippen LogP contribution in [0.3, 0.4) is 0 Å². The van der Waals surface area contributed by atoms with Crippen LogP contribution in [0, 0.1) is 5.92 Å². The normalized spacial score (nSPS) is 20.5. The molecule has 1 aromatic rings. The lowest BCUT2D eigenvalue weighted by atomic mass is 9.94. The second-order valence-corrected chi connectivity index (χ2v) is 9.62. The number of fused-ring (bicyclic) bond motifs is 1. The van der Waals surface area contributed by atoms with Crippen LogP contribution in [0.15, 0.2) is 12.1 Å². The Balaban J connectivity index is 1.83. The van der Waals surface area contributed by atoms with Crippen molar-refractivity contribution in [3.63, 3.8) is 0 Å². The highest BCUT2D eigenvalue weighted by molar-refractivity contribution is 7.72. The van der Waals surface area contributed by atoms with Crippen LogP contribution in [-0.2, 0) is 31.2 Å². The summed E-state index contributed by atoms with van der Waals surface area (Å²) >= 11 is 6.55. The molecule has 2 aliphatic rings. The fourth-order valence-corrected chi connectivity index (χ4v) is 6.22. The molecule has 1 saturated carbocycles. The smallest absolute Gasteiger partial charge is 0.303 e. The molecule has 1 unspecified atom stereocenters. The third-order valence-electron chi connectivity index (χ3n) is 5.54. The number of halogens is 1. The van der Waals surface area contributed by atoms with Gasteiger partial charge in [0.25, 0.3) is 5.52 Å². The molecule has 3 rings (SSSR count). The summed E-state index contributed by atoms with van der Waals surface area (Å²) in [6.07, 6.45) is 7.64. The molecule has 1 atom stereocenters. The summed E-state index contributed by atoms with van der Waals surface area (Å²) < 4.78 is 23.4. The highest BCUT2D eigenvalue weighted by Gasteiger charge is 2.43. The van der Waals surface area contributed by atoms with E-state index in [2.05, 4.69) is 6.07 Å². The zero-order chi connectivity index (χ0) is 18.7. The quantitative estimate of drug-likeness (QED) is 0.512. The average molecular weight is 399 g/mol. The molecule has 144 valence electrons. The Labute approximate surface area is 161 Å². The standard InChI is InChI=1S/C20H28ClO4P/c1-3-24-26(23,25-4-2)20(22)17-10-9-15-12-16(19(21)13-18(15)17)11-14-7-5-6-8-14/h12-14,17H,3-11H2,1-2H3. The van der Waals surface area contributed by atoms with Crippen molar-refractivity contribution in [1.82, 2.24) is 0 Å². The van der Waals surface area contributed by atoms with Gasteiger partial charge in [-0.2, -0.15) is 0 Å². The van der Waals surface area contributed by atoms with E-state index in [4.69, 9.17) is 20.6 Å². The number of aryl methyl sites for hydroxylation is 1. The third-order valence-corrected chi connectivity index (χ3v) is 7.94. The van der Waals surface area contributed by atoms with Crippen molar-refractivity contribution >= 4 is 24.7 Å². The van der Waals surface area contributed by atoms with Gasteiger partial charge in [0, 0.05) is 5.02 Å². The minimum Gasteiger partial charge on any atom is -0.303 e. The van der Waals surface area contributed by atoms with Crippen LogP contribution in [0.2, 0.25) is 5.02 Å². The number of benzene rings is 1. The van der Waals surface area contributed by atoms with Gasteiger partial charge in [-0.3, -0.25) is 9.36 Å². The summed E-state index contributed by atoms with van der Waals surface area (Å²) in [5.74, 6) is 0.271. The van der Waals surface area contributed by atoms with Gasteiger partial charge >= 0.3 is 7.60 Å². The first-order chi connectivity index (χ1) is 12.5. The SMILES string of the molecule is CCOP(=O)(OCC)C(=O)C1CCc2cc(CC3CCCC3)c(Cl)cc21. The van der Waals surface area contributed by atoms with E-state index in [-0.39, 0.29) is 13.2 Å². The van der Waals surface area contributed by atoms with Crippen molar-refractivity contribution in [2.45, 2.75) is 64.7 Å². The van der Waals surface area contributed by atoms with Gasteiger partial charge in [-0.05, 0) is 61.8 Å². The number of hydrogen-bond acceptors (Lipinski definition) is 4. The van der Waals surface area contributed by atoms with Crippen molar-refractivity contribution in [3.05, 3.63) is 33.8 Å². The molecule has 1 fully saturated rings. The number of carbonyl (C=O) groups excluding carboxylic acids is 1. The van der Waals surface area contributed by atoms with Gasteiger partial charge in [0.05, 0.1) is 19.1 Å². The van der Waals surface area contributed by atoms with E-state index >= 15 is 0 Å². The predicted molar refractivity (Wildman–Crippen MR) is 104 cm³/mol. The molecule has 0 radical (unpaired) electrons. The third kappa shape index (κ3) is 4.09. The summed E-state index contributed by atoms with van der Waals surface area (Å²) in [6.45, 7) is 3.80. The Morgan fingerprint density at radius 2 is 1.81 bits per heavy atom. The predicted octanol–water partition coefficient (Wildman–Crippen LogP) is 5.90. The summed E-state index contributed by atoms with van der Waals surface area (Å²) in [5, 5.41) is 0.720. The Kier molecular flexibility index (Phi) is 6.61. The van der Waals surface area contributed by atoms with Crippen LogP contribution in [0.5, 0.6) is 0 Å². The summed E-state index contributed by atoms with van der Waals surface area (Å²) in [6, 6.07) is 4.08. The number of rotatable bonds is 8. The molecule has 2 aliphatic carbocycles. The molecule has 0 aromatic heterocycles. The van der Waals surface area contributed by atoms with Crippen LogP contribution < -0.4 is 0 Å². The molecule has 0 amide bonds. The van der Waals surface area contributed by atoms with Crippen molar-refractivity contribution in [3.8, 4) is 0 Å². The summed E-state index contributed by atoms with van der Waals surface area (Å²) in [4.78, 5) is 12.9. The maximum Gasteiger partial charge on any atom is 0.397 e. The maximum absolute atomic E-state index is 12.9. The largest absolute Gasteiger partial charge is 0.397 e. The molecular formula is C20H28ClO4P. The minimum absolute atomic E-state index is 0.184. The van der Waals surface area contributed by atoms with Crippen LogP contribution in [0.25, 0.3) is 0 Å². The molecule has 0 spiro atoms. The molecule has 0 saturated heterocycles. The van der Waals surface area contributed by atoms with Gasteiger partial charge in [-0.25, -0.2) is 0 Å². The fraction of sp³-hybridized carbons (Fsp3) is 0.650. The van der Waals surface area contributed by atoms with Crippen LogP contribution in [0.4, 0.5) is 0 Å². The highest BCUT2D eigenvalue weighted by atomic mass is 35.5. The molecule has 0 heterocycles. The zero-order valence-electron chi connectivity index (χ0n) is 15.6. The topological polar surface area (TPSA) is 52.6 Å². The first-order valence-electron chi connectivity index (χ1n) is 9.73. The van der Waals surface area contributed by atoms with Crippen molar-refractivity contribution in [2.24, 2.45) is 5.92 Å². The van der Waals surface area contributed by atoms with Crippen LogP contribution >= 0.6 is 19.2 Å². The molecule has 0 aliphatic heterocycles. The van der Waals surface area contributed by atoms with E-state index in [1.54, 1.807) is 13.8 Å². The van der Waals surface area contributed by atoms with E-state index in [1.807, 2.05) is 6.07 Å². The second-order valence-electron chi connectivity index (χ2n) is 7.26. The molecule has 1 aromatic carbocycles. The number of hydrogen-bond donors (Lipinski definition) is 0. The fourth-order valence-electron chi connectivity index (χ4n) is 4.31. The lowest BCUT2D eigenvalue weighted by Crippen LogP contribution is -2.14. The molecule has 0 bridgehead atoms. The van der Waals surface area contributed by atoms with Gasteiger partial charge in [0.15, 0.2) is 0 Å². The van der Waals surface area contributed by atoms with E-state index in [9.17, 15) is 9.36 Å². The molecule has 0 N–H and O–H groups in total. The maximum atomic E-state index is 12.9. The molecule has 4 nitrogen and oxygen atoms in total. The van der Waals surface area contributed by atoms with Crippen LogP contribution in [-0.4, -0.2) is 18.7 Å². The monoisotopic (exact) mass is 398 g/mol. The van der Waals surface area contributed by atoms with E-state index < -0.39 is 19.0 Å². The highest BCUT2D eigenvalue weighted by Crippen LogP contribution is 2.55. The minimum atomic E-state index is -3.75. The Bertz CT molecular complexity index is 702. The molecule has 6 heteroatoms. The van der Waals surface area contributed by atoms with Crippen molar-refractivity contribution in [1.29, 1.82) is 0 Å². The number of carbonyl (C=O) groups is 1. The van der Waals surface area contributed by atoms with Crippen LogP contribution in [0.1, 0.15) is 68.6 Å². The molecular weight excluding hydrogens is 371 g/mol. The Hall–Kier alpha value is -0.670. The Morgan fingerprint density at radius 3 is 2.42 bits per heavy atom. The zero-order valence-corrected chi connectivity index (χ0v) is 17.3. The van der Waals surface area contributed by atoms with Crippen molar-refractivity contribution in [2.75, 3.05) is 13.2 Å².